The molecule has 2 aliphatic rings. The van der Waals surface area contributed by atoms with Gasteiger partial charge in [-0.3, -0.25) is 0 Å². The smallest absolute Gasteiger partial charge is 0.244 e. The van der Waals surface area contributed by atoms with Crippen LogP contribution in [0.5, 0.6) is 11.5 Å². The van der Waals surface area contributed by atoms with Gasteiger partial charge in [0.2, 0.25) is 10.0 Å². The average molecular weight is 335 g/mol. The Balaban J connectivity index is 0.00000161. The quantitative estimate of drug-likeness (QED) is 0.859. The maximum atomic E-state index is 12.5. The molecule has 1 atom stereocenters. The van der Waals surface area contributed by atoms with Gasteiger partial charge in [-0.15, -0.1) is 12.4 Å². The van der Waals surface area contributed by atoms with E-state index in [0.29, 0.717) is 31.3 Å². The first-order chi connectivity index (χ1) is 9.67. The molecule has 1 aromatic rings. The summed E-state index contributed by atoms with van der Waals surface area (Å²) in [5.74, 6) is 0.802. The Kier molecular flexibility index (Phi) is 5.32. The van der Waals surface area contributed by atoms with E-state index in [1.54, 1.807) is 18.2 Å². The van der Waals surface area contributed by atoms with Crippen molar-refractivity contribution in [3.05, 3.63) is 18.2 Å². The summed E-state index contributed by atoms with van der Waals surface area (Å²) >= 11 is 0. The lowest BCUT2D eigenvalue weighted by Crippen LogP contribution is -2.45. The molecule has 0 bridgehead atoms. The molecule has 1 saturated heterocycles. The first-order valence-corrected chi connectivity index (χ1v) is 8.27. The molecule has 8 heteroatoms. The minimum Gasteiger partial charge on any atom is -0.486 e. The van der Waals surface area contributed by atoms with Gasteiger partial charge < -0.3 is 14.8 Å². The molecule has 21 heavy (non-hydrogen) atoms. The van der Waals surface area contributed by atoms with Gasteiger partial charge in [-0.2, -0.15) is 0 Å². The molecule has 0 aliphatic carbocycles. The number of halogens is 1. The fourth-order valence-corrected chi connectivity index (χ4v) is 3.92. The SMILES string of the molecule is Cl.O=S(=O)(NC1CCCNC1)c1cccc2c1OCCO2. The summed E-state index contributed by atoms with van der Waals surface area (Å²) in [5.41, 5.74) is 0. The molecule has 0 spiro atoms. The van der Waals surface area contributed by atoms with Gasteiger partial charge in [0, 0.05) is 12.6 Å². The van der Waals surface area contributed by atoms with Gasteiger partial charge in [-0.25, -0.2) is 13.1 Å². The monoisotopic (exact) mass is 334 g/mol. The van der Waals surface area contributed by atoms with Gasteiger partial charge in [0.1, 0.15) is 18.1 Å². The van der Waals surface area contributed by atoms with Gasteiger partial charge in [0.05, 0.1) is 0 Å². The number of piperidine rings is 1. The third-order valence-electron chi connectivity index (χ3n) is 3.44. The number of para-hydroxylation sites is 1. The molecule has 0 saturated carbocycles. The molecule has 1 unspecified atom stereocenters. The number of sulfonamides is 1. The first-order valence-electron chi connectivity index (χ1n) is 6.78. The molecule has 6 nitrogen and oxygen atoms in total. The van der Waals surface area contributed by atoms with Crippen molar-refractivity contribution in [1.29, 1.82) is 0 Å². The molecule has 0 aromatic heterocycles. The summed E-state index contributed by atoms with van der Waals surface area (Å²) in [5, 5.41) is 3.19. The van der Waals surface area contributed by atoms with Crippen LogP contribution in [0.2, 0.25) is 0 Å². The molecule has 1 fully saturated rings. The van der Waals surface area contributed by atoms with Gasteiger partial charge in [-0.05, 0) is 31.5 Å². The zero-order chi connectivity index (χ0) is 14.0. The van der Waals surface area contributed by atoms with Crippen LogP contribution in [-0.2, 0) is 10.0 Å². The number of ether oxygens (including phenoxy) is 2. The number of nitrogens with one attached hydrogen (secondary N) is 2. The minimum absolute atomic E-state index is 0. The molecular formula is C13H19ClN2O4S. The van der Waals surface area contributed by atoms with E-state index in [9.17, 15) is 8.42 Å². The second kappa shape index (κ2) is 6.83. The Bertz CT molecular complexity index is 588. The van der Waals surface area contributed by atoms with Crippen LogP contribution in [0.4, 0.5) is 0 Å². The van der Waals surface area contributed by atoms with Crippen molar-refractivity contribution in [2.24, 2.45) is 0 Å². The second-order valence-electron chi connectivity index (χ2n) is 4.94. The maximum Gasteiger partial charge on any atom is 0.244 e. The van der Waals surface area contributed by atoms with Crippen LogP contribution in [0.15, 0.2) is 23.1 Å². The summed E-state index contributed by atoms with van der Waals surface area (Å²) in [6.45, 7) is 2.41. The number of fused-ring (bicyclic) bond motifs is 1. The average Bonchev–Trinajstić information content (AvgIpc) is 2.47. The molecule has 0 amide bonds. The highest BCUT2D eigenvalue weighted by molar-refractivity contribution is 7.89. The van der Waals surface area contributed by atoms with Crippen LogP contribution in [0.1, 0.15) is 12.8 Å². The van der Waals surface area contributed by atoms with E-state index < -0.39 is 10.0 Å². The van der Waals surface area contributed by atoms with Crippen molar-refractivity contribution in [2.75, 3.05) is 26.3 Å². The summed E-state index contributed by atoms with van der Waals surface area (Å²) in [6.07, 6.45) is 1.82. The summed E-state index contributed by atoms with van der Waals surface area (Å²) in [7, 11) is -3.60. The third kappa shape index (κ3) is 3.60. The summed E-state index contributed by atoms with van der Waals surface area (Å²) < 4.78 is 38.6. The van der Waals surface area contributed by atoms with Crippen LogP contribution < -0.4 is 19.5 Å². The van der Waals surface area contributed by atoms with Crippen molar-refractivity contribution in [3.63, 3.8) is 0 Å². The van der Waals surface area contributed by atoms with Crippen molar-refractivity contribution >= 4 is 22.4 Å². The predicted molar refractivity (Wildman–Crippen MR) is 80.9 cm³/mol. The van der Waals surface area contributed by atoms with Gasteiger partial charge in [0.25, 0.3) is 0 Å². The molecule has 3 rings (SSSR count). The van der Waals surface area contributed by atoms with Gasteiger partial charge in [-0.1, -0.05) is 6.07 Å². The molecule has 2 heterocycles. The number of hydrogen-bond donors (Lipinski definition) is 2. The standard InChI is InChI=1S/C13H18N2O4S.ClH/c16-20(17,15-10-3-2-6-14-9-10)12-5-1-4-11-13(12)19-8-7-18-11;/h1,4-5,10,14-15H,2-3,6-9H2;1H. The summed E-state index contributed by atoms with van der Waals surface area (Å²) in [4.78, 5) is 0.153. The van der Waals surface area contributed by atoms with E-state index in [0.717, 1.165) is 19.4 Å². The van der Waals surface area contributed by atoms with Crippen molar-refractivity contribution in [3.8, 4) is 11.5 Å². The topological polar surface area (TPSA) is 76.7 Å². The Labute approximate surface area is 130 Å². The highest BCUT2D eigenvalue weighted by atomic mass is 35.5. The Morgan fingerprint density at radius 1 is 1.24 bits per heavy atom. The molecule has 0 radical (unpaired) electrons. The molecule has 118 valence electrons. The lowest BCUT2D eigenvalue weighted by Gasteiger charge is -2.25. The van der Waals surface area contributed by atoms with E-state index in [1.807, 2.05) is 0 Å². The highest BCUT2D eigenvalue weighted by Gasteiger charge is 2.27. The number of hydrogen-bond acceptors (Lipinski definition) is 5. The Morgan fingerprint density at radius 2 is 2.05 bits per heavy atom. The largest absolute Gasteiger partial charge is 0.486 e. The third-order valence-corrected chi connectivity index (χ3v) is 4.98. The lowest BCUT2D eigenvalue weighted by atomic mass is 10.1. The minimum atomic E-state index is -3.60. The maximum absolute atomic E-state index is 12.5. The number of rotatable bonds is 3. The predicted octanol–water partition coefficient (Wildman–Crippen LogP) is 0.910. The normalized spacial score (nSPS) is 21.4. The molecule has 2 aliphatic heterocycles. The molecular weight excluding hydrogens is 316 g/mol. The van der Waals surface area contributed by atoms with Gasteiger partial charge >= 0.3 is 0 Å². The zero-order valence-corrected chi connectivity index (χ0v) is 13.1. The lowest BCUT2D eigenvalue weighted by molar-refractivity contribution is 0.167. The van der Waals surface area contributed by atoms with E-state index in [1.165, 1.54) is 0 Å². The van der Waals surface area contributed by atoms with Crippen LogP contribution in [-0.4, -0.2) is 40.8 Å². The molecule has 2 N–H and O–H groups in total. The van der Waals surface area contributed by atoms with Crippen LogP contribution in [0.3, 0.4) is 0 Å². The number of benzene rings is 1. The van der Waals surface area contributed by atoms with Crippen molar-refractivity contribution < 1.29 is 17.9 Å². The van der Waals surface area contributed by atoms with Gasteiger partial charge in [0.15, 0.2) is 11.5 Å². The first kappa shape index (κ1) is 16.4. The summed E-state index contributed by atoms with van der Waals surface area (Å²) in [6, 6.07) is 4.86. The zero-order valence-electron chi connectivity index (χ0n) is 11.5. The van der Waals surface area contributed by atoms with E-state index in [2.05, 4.69) is 10.0 Å². The van der Waals surface area contributed by atoms with Crippen LogP contribution in [0.25, 0.3) is 0 Å². The Hall–Kier alpha value is -1.02. The van der Waals surface area contributed by atoms with E-state index in [4.69, 9.17) is 9.47 Å². The van der Waals surface area contributed by atoms with E-state index in [-0.39, 0.29) is 23.3 Å². The fraction of sp³-hybridized carbons (Fsp3) is 0.538. The second-order valence-corrected chi connectivity index (χ2v) is 6.63. The van der Waals surface area contributed by atoms with E-state index >= 15 is 0 Å². The fourth-order valence-electron chi connectivity index (χ4n) is 2.49. The highest BCUT2D eigenvalue weighted by Crippen LogP contribution is 2.36. The Morgan fingerprint density at radius 3 is 2.81 bits per heavy atom. The van der Waals surface area contributed by atoms with Crippen molar-refractivity contribution in [2.45, 2.75) is 23.8 Å². The van der Waals surface area contributed by atoms with Crippen LogP contribution in [0, 0.1) is 0 Å². The van der Waals surface area contributed by atoms with Crippen LogP contribution >= 0.6 is 12.4 Å². The molecule has 1 aromatic carbocycles. The van der Waals surface area contributed by atoms with Crippen molar-refractivity contribution in [1.82, 2.24) is 10.0 Å².